The maximum Gasteiger partial charge on any atom is 0.204 e. The SMILES string of the molecule is c1ccc(COC(Cc2ccc(-c3nn[nH]n3)cc2)c2ccccc2)cc1. The van der Waals surface area contributed by atoms with Crippen LogP contribution in [0.2, 0.25) is 0 Å². The summed E-state index contributed by atoms with van der Waals surface area (Å²) in [6, 6.07) is 28.8. The second-order valence-electron chi connectivity index (χ2n) is 6.33. The van der Waals surface area contributed by atoms with Gasteiger partial charge in [0.2, 0.25) is 5.82 Å². The standard InChI is InChI=1S/C22H20N4O/c1-3-7-18(8-4-1)16-27-21(19-9-5-2-6-10-19)15-17-11-13-20(14-12-17)22-23-25-26-24-22/h1-14,21H,15-16H2,(H,23,24,25,26). The number of hydrogen-bond donors (Lipinski definition) is 1. The Labute approximate surface area is 158 Å². The molecule has 0 spiro atoms. The van der Waals surface area contributed by atoms with Crippen LogP contribution in [0.25, 0.3) is 11.4 Å². The maximum atomic E-state index is 6.28. The number of aromatic nitrogens is 4. The summed E-state index contributed by atoms with van der Waals surface area (Å²) in [5.41, 5.74) is 4.49. The number of nitrogens with zero attached hydrogens (tertiary/aromatic N) is 3. The molecule has 0 bridgehead atoms. The van der Waals surface area contributed by atoms with E-state index >= 15 is 0 Å². The molecule has 1 heterocycles. The number of aromatic amines is 1. The average molecular weight is 356 g/mol. The monoisotopic (exact) mass is 356 g/mol. The number of nitrogens with one attached hydrogen (secondary N) is 1. The lowest BCUT2D eigenvalue weighted by molar-refractivity contribution is 0.0399. The fraction of sp³-hybridized carbons (Fsp3) is 0.136. The van der Waals surface area contributed by atoms with Crippen LogP contribution in [0.1, 0.15) is 22.8 Å². The lowest BCUT2D eigenvalue weighted by atomic mass is 10.00. The predicted octanol–water partition coefficient (Wildman–Crippen LogP) is 4.37. The molecule has 0 radical (unpaired) electrons. The van der Waals surface area contributed by atoms with Crippen LogP contribution in [-0.4, -0.2) is 20.6 Å². The molecule has 4 aromatic rings. The van der Waals surface area contributed by atoms with E-state index in [1.807, 2.05) is 48.5 Å². The highest BCUT2D eigenvalue weighted by atomic mass is 16.5. The Morgan fingerprint density at radius 2 is 1.48 bits per heavy atom. The van der Waals surface area contributed by atoms with E-state index in [4.69, 9.17) is 4.74 Å². The number of tetrazole rings is 1. The fourth-order valence-corrected chi connectivity index (χ4v) is 3.00. The first-order chi connectivity index (χ1) is 13.4. The molecule has 27 heavy (non-hydrogen) atoms. The van der Waals surface area contributed by atoms with Crippen LogP contribution in [0, 0.1) is 0 Å². The van der Waals surface area contributed by atoms with E-state index in [9.17, 15) is 0 Å². The minimum absolute atomic E-state index is 0.0116. The molecule has 0 fully saturated rings. The van der Waals surface area contributed by atoms with Gasteiger partial charge in [0.25, 0.3) is 0 Å². The van der Waals surface area contributed by atoms with Gasteiger partial charge in [-0.05, 0) is 21.9 Å². The summed E-state index contributed by atoms with van der Waals surface area (Å²) >= 11 is 0. The molecule has 134 valence electrons. The first-order valence-corrected chi connectivity index (χ1v) is 8.92. The molecule has 1 atom stereocenters. The minimum atomic E-state index is -0.0116. The van der Waals surface area contributed by atoms with Crippen molar-refractivity contribution in [2.45, 2.75) is 19.1 Å². The Balaban J connectivity index is 1.50. The lowest BCUT2D eigenvalue weighted by Gasteiger charge is -2.19. The average Bonchev–Trinajstić information content (AvgIpc) is 3.28. The van der Waals surface area contributed by atoms with Gasteiger partial charge < -0.3 is 4.74 Å². The third-order valence-electron chi connectivity index (χ3n) is 4.44. The molecule has 0 saturated heterocycles. The summed E-state index contributed by atoms with van der Waals surface area (Å²) in [5, 5.41) is 14.1. The van der Waals surface area contributed by atoms with Gasteiger partial charge in [-0.2, -0.15) is 5.21 Å². The number of rotatable bonds is 7. The van der Waals surface area contributed by atoms with Crippen molar-refractivity contribution in [1.29, 1.82) is 0 Å². The number of ether oxygens (including phenoxy) is 1. The molecule has 4 rings (SSSR count). The summed E-state index contributed by atoms with van der Waals surface area (Å²) < 4.78 is 6.28. The molecule has 0 saturated carbocycles. The highest BCUT2D eigenvalue weighted by Gasteiger charge is 2.14. The summed E-state index contributed by atoms with van der Waals surface area (Å²) in [7, 11) is 0. The van der Waals surface area contributed by atoms with E-state index in [1.165, 1.54) is 16.7 Å². The number of H-pyrrole nitrogens is 1. The molecule has 3 aromatic carbocycles. The van der Waals surface area contributed by atoms with Crippen LogP contribution in [-0.2, 0) is 17.8 Å². The van der Waals surface area contributed by atoms with Crippen LogP contribution in [0.3, 0.4) is 0 Å². The summed E-state index contributed by atoms with van der Waals surface area (Å²) in [6.45, 7) is 0.585. The van der Waals surface area contributed by atoms with Gasteiger partial charge in [-0.3, -0.25) is 0 Å². The first kappa shape index (κ1) is 17.1. The Morgan fingerprint density at radius 1 is 0.778 bits per heavy atom. The first-order valence-electron chi connectivity index (χ1n) is 8.92. The molecule has 0 amide bonds. The highest BCUT2D eigenvalue weighted by molar-refractivity contribution is 5.54. The normalized spacial score (nSPS) is 12.0. The molecule has 5 heteroatoms. The Kier molecular flexibility index (Phi) is 5.31. The quantitative estimate of drug-likeness (QED) is 0.534. The zero-order valence-corrected chi connectivity index (χ0v) is 14.8. The third kappa shape index (κ3) is 4.46. The van der Waals surface area contributed by atoms with Gasteiger partial charge in [0.05, 0.1) is 12.7 Å². The van der Waals surface area contributed by atoms with E-state index in [0.29, 0.717) is 12.4 Å². The fourth-order valence-electron chi connectivity index (χ4n) is 3.00. The summed E-state index contributed by atoms with van der Waals surface area (Å²) in [5.74, 6) is 0.599. The van der Waals surface area contributed by atoms with Gasteiger partial charge in [-0.15, -0.1) is 10.2 Å². The minimum Gasteiger partial charge on any atom is -0.369 e. The maximum absolute atomic E-state index is 6.28. The van der Waals surface area contributed by atoms with Crippen molar-refractivity contribution in [3.63, 3.8) is 0 Å². The van der Waals surface area contributed by atoms with Crippen LogP contribution < -0.4 is 0 Å². The van der Waals surface area contributed by atoms with Gasteiger partial charge in [-0.25, -0.2) is 0 Å². The molecule has 1 N–H and O–H groups in total. The molecular weight excluding hydrogens is 336 g/mol. The van der Waals surface area contributed by atoms with Crippen LogP contribution in [0.15, 0.2) is 84.9 Å². The van der Waals surface area contributed by atoms with Gasteiger partial charge in [-0.1, -0.05) is 84.9 Å². The van der Waals surface area contributed by atoms with Crippen molar-refractivity contribution in [1.82, 2.24) is 20.6 Å². The second-order valence-corrected chi connectivity index (χ2v) is 6.33. The van der Waals surface area contributed by atoms with Gasteiger partial charge in [0.1, 0.15) is 0 Å². The molecule has 1 aromatic heterocycles. The molecule has 1 unspecified atom stereocenters. The van der Waals surface area contributed by atoms with Crippen molar-refractivity contribution < 1.29 is 4.74 Å². The smallest absolute Gasteiger partial charge is 0.204 e. The Hall–Kier alpha value is -3.31. The number of hydrogen-bond acceptors (Lipinski definition) is 4. The highest BCUT2D eigenvalue weighted by Crippen LogP contribution is 2.25. The lowest BCUT2D eigenvalue weighted by Crippen LogP contribution is -2.08. The third-order valence-corrected chi connectivity index (χ3v) is 4.44. The van der Waals surface area contributed by atoms with Gasteiger partial charge in [0, 0.05) is 12.0 Å². The van der Waals surface area contributed by atoms with Crippen molar-refractivity contribution >= 4 is 0 Å². The predicted molar refractivity (Wildman–Crippen MR) is 104 cm³/mol. The van der Waals surface area contributed by atoms with Crippen molar-refractivity contribution in [2.75, 3.05) is 0 Å². The van der Waals surface area contributed by atoms with E-state index in [2.05, 4.69) is 57.0 Å². The zero-order chi connectivity index (χ0) is 18.3. The van der Waals surface area contributed by atoms with E-state index < -0.39 is 0 Å². The molecule has 0 aliphatic heterocycles. The Morgan fingerprint density at radius 3 is 2.15 bits per heavy atom. The van der Waals surface area contributed by atoms with Crippen LogP contribution >= 0.6 is 0 Å². The van der Waals surface area contributed by atoms with Gasteiger partial charge in [0.15, 0.2) is 0 Å². The molecule has 5 nitrogen and oxygen atoms in total. The summed E-state index contributed by atoms with van der Waals surface area (Å²) in [4.78, 5) is 0. The van der Waals surface area contributed by atoms with Crippen molar-refractivity contribution in [3.05, 3.63) is 102 Å². The van der Waals surface area contributed by atoms with E-state index in [-0.39, 0.29) is 6.10 Å². The van der Waals surface area contributed by atoms with Crippen molar-refractivity contribution in [2.24, 2.45) is 0 Å². The molecular formula is C22H20N4O. The number of benzene rings is 3. The molecule has 0 aliphatic carbocycles. The second kappa shape index (κ2) is 8.38. The van der Waals surface area contributed by atoms with E-state index in [0.717, 1.165) is 12.0 Å². The van der Waals surface area contributed by atoms with Crippen LogP contribution in [0.5, 0.6) is 0 Å². The van der Waals surface area contributed by atoms with Crippen LogP contribution in [0.4, 0.5) is 0 Å². The van der Waals surface area contributed by atoms with Gasteiger partial charge >= 0.3 is 0 Å². The molecule has 0 aliphatic rings. The van der Waals surface area contributed by atoms with Crippen molar-refractivity contribution in [3.8, 4) is 11.4 Å². The Bertz CT molecular complexity index is 939. The zero-order valence-electron chi connectivity index (χ0n) is 14.8. The largest absolute Gasteiger partial charge is 0.369 e. The topological polar surface area (TPSA) is 63.7 Å². The van der Waals surface area contributed by atoms with E-state index in [1.54, 1.807) is 0 Å². The summed E-state index contributed by atoms with van der Waals surface area (Å²) in [6.07, 6.45) is 0.783.